The van der Waals surface area contributed by atoms with E-state index in [-0.39, 0.29) is 5.91 Å². The molecule has 0 fully saturated rings. The second kappa shape index (κ2) is 7.33. The molecule has 0 unspecified atom stereocenters. The van der Waals surface area contributed by atoms with Crippen molar-refractivity contribution in [3.8, 4) is 11.5 Å². The molecule has 0 bridgehead atoms. The van der Waals surface area contributed by atoms with Crippen molar-refractivity contribution in [2.45, 2.75) is 38.8 Å². The Morgan fingerprint density at radius 2 is 2.08 bits per heavy atom. The summed E-state index contributed by atoms with van der Waals surface area (Å²) in [5.41, 5.74) is 0.467. The van der Waals surface area contributed by atoms with Gasteiger partial charge in [-0.05, 0) is 25.0 Å². The zero-order valence-corrected chi connectivity index (χ0v) is 14.0. The topological polar surface area (TPSA) is 78.3 Å². The van der Waals surface area contributed by atoms with Gasteiger partial charge in [-0.2, -0.15) is 0 Å². The highest BCUT2D eigenvalue weighted by Crippen LogP contribution is 2.24. The van der Waals surface area contributed by atoms with Gasteiger partial charge in [0.05, 0.1) is 26.3 Å². The Morgan fingerprint density at radius 3 is 2.88 bits per heavy atom. The Hall–Kier alpha value is -2.57. The van der Waals surface area contributed by atoms with Crippen molar-refractivity contribution in [3.05, 3.63) is 35.4 Å². The lowest BCUT2D eigenvalue weighted by atomic mass is 10.1. The van der Waals surface area contributed by atoms with E-state index in [1.54, 1.807) is 25.3 Å². The van der Waals surface area contributed by atoms with Crippen LogP contribution in [0.1, 0.15) is 41.3 Å². The van der Waals surface area contributed by atoms with E-state index in [0.29, 0.717) is 23.6 Å². The SMILES string of the molecule is COc1ccc(C(=O)NCc2nnc3n2CCCCC3)c(OC)c1. The minimum atomic E-state index is -0.208. The maximum absolute atomic E-state index is 12.5. The van der Waals surface area contributed by atoms with E-state index >= 15 is 0 Å². The lowest BCUT2D eigenvalue weighted by Crippen LogP contribution is -2.25. The minimum Gasteiger partial charge on any atom is -0.497 e. The summed E-state index contributed by atoms with van der Waals surface area (Å²) >= 11 is 0. The predicted molar refractivity (Wildman–Crippen MR) is 88.3 cm³/mol. The zero-order valence-electron chi connectivity index (χ0n) is 14.0. The summed E-state index contributed by atoms with van der Waals surface area (Å²) in [5, 5.41) is 11.4. The smallest absolute Gasteiger partial charge is 0.255 e. The number of carbonyl (C=O) groups is 1. The standard InChI is InChI=1S/C17H22N4O3/c1-23-12-7-8-13(14(10-12)24-2)17(22)18-11-16-20-19-15-6-4-3-5-9-21(15)16/h7-8,10H,3-6,9,11H2,1-2H3,(H,18,22). The number of aryl methyl sites for hydroxylation is 1. The highest BCUT2D eigenvalue weighted by molar-refractivity contribution is 5.97. The van der Waals surface area contributed by atoms with E-state index in [4.69, 9.17) is 9.47 Å². The molecule has 1 aliphatic heterocycles. The fraction of sp³-hybridized carbons (Fsp3) is 0.471. The molecule has 1 aromatic heterocycles. The van der Waals surface area contributed by atoms with Crippen molar-refractivity contribution >= 4 is 5.91 Å². The molecule has 7 heteroatoms. The van der Waals surface area contributed by atoms with Crippen LogP contribution in [0.5, 0.6) is 11.5 Å². The van der Waals surface area contributed by atoms with Gasteiger partial charge in [-0.25, -0.2) is 0 Å². The summed E-state index contributed by atoms with van der Waals surface area (Å²) < 4.78 is 12.6. The monoisotopic (exact) mass is 330 g/mol. The van der Waals surface area contributed by atoms with Crippen LogP contribution >= 0.6 is 0 Å². The molecule has 2 heterocycles. The van der Waals surface area contributed by atoms with Gasteiger partial charge in [-0.1, -0.05) is 6.42 Å². The first-order chi connectivity index (χ1) is 11.7. The molecule has 0 saturated carbocycles. The third-order valence-corrected chi connectivity index (χ3v) is 4.25. The van der Waals surface area contributed by atoms with Crippen LogP contribution in [0.3, 0.4) is 0 Å². The molecule has 2 aromatic rings. The second-order valence-electron chi connectivity index (χ2n) is 5.74. The number of rotatable bonds is 5. The van der Waals surface area contributed by atoms with E-state index in [0.717, 1.165) is 37.5 Å². The number of carbonyl (C=O) groups excluding carboxylic acids is 1. The number of ether oxygens (including phenoxy) is 2. The van der Waals surface area contributed by atoms with Gasteiger partial charge in [0.15, 0.2) is 5.82 Å². The molecule has 1 aromatic carbocycles. The summed E-state index contributed by atoms with van der Waals surface area (Å²) in [6, 6.07) is 5.12. The maximum atomic E-state index is 12.5. The van der Waals surface area contributed by atoms with Crippen LogP contribution < -0.4 is 14.8 Å². The number of benzene rings is 1. The first-order valence-electron chi connectivity index (χ1n) is 8.14. The molecular formula is C17H22N4O3. The Bertz CT molecular complexity index is 727. The van der Waals surface area contributed by atoms with Crippen LogP contribution in [0.4, 0.5) is 0 Å². The van der Waals surface area contributed by atoms with Gasteiger partial charge in [-0.15, -0.1) is 10.2 Å². The number of nitrogens with one attached hydrogen (secondary N) is 1. The molecule has 1 N–H and O–H groups in total. The largest absolute Gasteiger partial charge is 0.497 e. The highest BCUT2D eigenvalue weighted by atomic mass is 16.5. The van der Waals surface area contributed by atoms with Crippen molar-refractivity contribution < 1.29 is 14.3 Å². The van der Waals surface area contributed by atoms with Crippen LogP contribution in [-0.2, 0) is 19.5 Å². The van der Waals surface area contributed by atoms with Crippen molar-refractivity contribution in [1.29, 1.82) is 0 Å². The number of methoxy groups -OCH3 is 2. The second-order valence-corrected chi connectivity index (χ2v) is 5.74. The van der Waals surface area contributed by atoms with Crippen molar-refractivity contribution in [2.75, 3.05) is 14.2 Å². The van der Waals surface area contributed by atoms with Crippen LogP contribution in [-0.4, -0.2) is 34.9 Å². The van der Waals surface area contributed by atoms with Gasteiger partial charge in [0.25, 0.3) is 5.91 Å². The van der Waals surface area contributed by atoms with Gasteiger partial charge >= 0.3 is 0 Å². The van der Waals surface area contributed by atoms with Crippen LogP contribution in [0.25, 0.3) is 0 Å². The lowest BCUT2D eigenvalue weighted by Gasteiger charge is -2.11. The first kappa shape index (κ1) is 16.3. The number of amides is 1. The molecule has 7 nitrogen and oxygen atoms in total. The molecule has 0 spiro atoms. The highest BCUT2D eigenvalue weighted by Gasteiger charge is 2.17. The molecule has 0 saturated heterocycles. The quantitative estimate of drug-likeness (QED) is 0.906. The molecule has 1 amide bonds. The van der Waals surface area contributed by atoms with Gasteiger partial charge in [0.2, 0.25) is 0 Å². The number of nitrogens with zero attached hydrogens (tertiary/aromatic N) is 3. The normalized spacial score (nSPS) is 13.8. The number of hydrogen-bond donors (Lipinski definition) is 1. The molecule has 128 valence electrons. The van der Waals surface area contributed by atoms with E-state index in [2.05, 4.69) is 20.1 Å². The Labute approximate surface area is 141 Å². The van der Waals surface area contributed by atoms with E-state index in [1.165, 1.54) is 13.5 Å². The van der Waals surface area contributed by atoms with E-state index < -0.39 is 0 Å². The molecule has 0 aliphatic carbocycles. The Kier molecular flexibility index (Phi) is 4.98. The summed E-state index contributed by atoms with van der Waals surface area (Å²) in [6.45, 7) is 1.26. The molecule has 3 rings (SSSR count). The number of fused-ring (bicyclic) bond motifs is 1. The summed E-state index contributed by atoms with van der Waals surface area (Å²) in [5.74, 6) is 2.73. The number of aromatic nitrogens is 3. The summed E-state index contributed by atoms with van der Waals surface area (Å²) in [7, 11) is 3.11. The fourth-order valence-electron chi connectivity index (χ4n) is 2.92. The summed E-state index contributed by atoms with van der Waals surface area (Å²) in [6.07, 6.45) is 4.43. The number of hydrogen-bond acceptors (Lipinski definition) is 5. The first-order valence-corrected chi connectivity index (χ1v) is 8.14. The van der Waals surface area contributed by atoms with Gasteiger partial charge in [0, 0.05) is 19.0 Å². The van der Waals surface area contributed by atoms with Gasteiger partial charge in [-0.3, -0.25) is 4.79 Å². The van der Waals surface area contributed by atoms with Crippen LogP contribution in [0.15, 0.2) is 18.2 Å². The minimum absolute atomic E-state index is 0.208. The van der Waals surface area contributed by atoms with Crippen molar-refractivity contribution in [2.24, 2.45) is 0 Å². The van der Waals surface area contributed by atoms with E-state index in [1.807, 2.05) is 0 Å². The zero-order chi connectivity index (χ0) is 16.9. The predicted octanol–water partition coefficient (Wildman–Crippen LogP) is 1.95. The molecular weight excluding hydrogens is 308 g/mol. The third kappa shape index (κ3) is 3.34. The fourth-order valence-corrected chi connectivity index (χ4v) is 2.92. The molecule has 0 atom stereocenters. The van der Waals surface area contributed by atoms with E-state index in [9.17, 15) is 4.79 Å². The molecule has 24 heavy (non-hydrogen) atoms. The average molecular weight is 330 g/mol. The Balaban J connectivity index is 1.71. The van der Waals surface area contributed by atoms with Crippen LogP contribution in [0, 0.1) is 0 Å². The lowest BCUT2D eigenvalue weighted by molar-refractivity contribution is 0.0946. The van der Waals surface area contributed by atoms with Gasteiger partial charge < -0.3 is 19.4 Å². The van der Waals surface area contributed by atoms with Crippen molar-refractivity contribution in [1.82, 2.24) is 20.1 Å². The Morgan fingerprint density at radius 1 is 1.21 bits per heavy atom. The third-order valence-electron chi connectivity index (χ3n) is 4.25. The average Bonchev–Trinajstić information content (AvgIpc) is 2.85. The van der Waals surface area contributed by atoms with Crippen molar-refractivity contribution in [3.63, 3.8) is 0 Å². The van der Waals surface area contributed by atoms with Crippen LogP contribution in [0.2, 0.25) is 0 Å². The summed E-state index contributed by atoms with van der Waals surface area (Å²) in [4.78, 5) is 12.5. The maximum Gasteiger partial charge on any atom is 0.255 e. The molecule has 1 aliphatic rings. The molecule has 0 radical (unpaired) electrons. The van der Waals surface area contributed by atoms with Gasteiger partial charge in [0.1, 0.15) is 17.3 Å².